The maximum absolute atomic E-state index is 11.6. The van der Waals surface area contributed by atoms with Crippen LogP contribution >= 0.6 is 0 Å². The summed E-state index contributed by atoms with van der Waals surface area (Å²) in [6, 6.07) is 3.39. The summed E-state index contributed by atoms with van der Waals surface area (Å²) in [5.74, 6) is 0.348. The molecular weight excluding hydrogens is 206 g/mol. The van der Waals surface area contributed by atoms with Crippen LogP contribution in [0.15, 0.2) is 22.8 Å². The molecule has 16 heavy (non-hydrogen) atoms. The van der Waals surface area contributed by atoms with Crippen LogP contribution in [-0.4, -0.2) is 17.6 Å². The highest BCUT2D eigenvalue weighted by atomic mass is 16.4. The third-order valence-electron chi connectivity index (χ3n) is 2.33. The first-order valence-corrected chi connectivity index (χ1v) is 5.28. The van der Waals surface area contributed by atoms with E-state index in [0.717, 1.165) is 0 Å². The lowest BCUT2D eigenvalue weighted by Gasteiger charge is -2.24. The lowest BCUT2D eigenvalue weighted by molar-refractivity contribution is -0.129. The van der Waals surface area contributed by atoms with Crippen LogP contribution in [-0.2, 0) is 10.4 Å². The van der Waals surface area contributed by atoms with Gasteiger partial charge in [0.2, 0.25) is 5.91 Å². The smallest absolute Gasteiger partial charge is 0.225 e. The second-order valence-electron chi connectivity index (χ2n) is 5.18. The summed E-state index contributed by atoms with van der Waals surface area (Å²) in [5.41, 5.74) is -1.64. The van der Waals surface area contributed by atoms with Crippen LogP contribution in [0.1, 0.15) is 33.5 Å². The molecular formula is C12H19NO3. The van der Waals surface area contributed by atoms with Gasteiger partial charge in [-0.2, -0.15) is 0 Å². The third-order valence-corrected chi connectivity index (χ3v) is 2.33. The van der Waals surface area contributed by atoms with Crippen molar-refractivity contribution in [3.05, 3.63) is 24.2 Å². The molecule has 0 aliphatic heterocycles. The summed E-state index contributed by atoms with van der Waals surface area (Å²) in [6.45, 7) is 7.21. The first-order valence-electron chi connectivity index (χ1n) is 5.28. The monoisotopic (exact) mass is 225 g/mol. The Labute approximate surface area is 95.7 Å². The fourth-order valence-electron chi connectivity index (χ4n) is 1.19. The Balaban J connectivity index is 2.59. The Morgan fingerprint density at radius 1 is 1.44 bits per heavy atom. The molecule has 0 aromatic carbocycles. The minimum Gasteiger partial charge on any atom is -0.466 e. The summed E-state index contributed by atoms with van der Waals surface area (Å²) in [5, 5.41) is 12.8. The first kappa shape index (κ1) is 12.8. The summed E-state index contributed by atoms with van der Waals surface area (Å²) >= 11 is 0. The van der Waals surface area contributed by atoms with Gasteiger partial charge in [-0.3, -0.25) is 4.79 Å². The highest BCUT2D eigenvalue weighted by molar-refractivity contribution is 5.81. The van der Waals surface area contributed by atoms with Crippen LogP contribution in [0.4, 0.5) is 0 Å². The molecule has 0 saturated heterocycles. The van der Waals surface area contributed by atoms with Gasteiger partial charge in [0, 0.05) is 5.41 Å². The van der Waals surface area contributed by atoms with Crippen molar-refractivity contribution in [2.75, 3.05) is 6.54 Å². The molecule has 90 valence electrons. The molecule has 0 unspecified atom stereocenters. The number of carbonyl (C=O) groups excluding carboxylic acids is 1. The van der Waals surface area contributed by atoms with E-state index in [0.29, 0.717) is 5.76 Å². The zero-order valence-corrected chi connectivity index (χ0v) is 10.2. The second-order valence-corrected chi connectivity index (χ2v) is 5.18. The zero-order chi connectivity index (χ0) is 12.4. The van der Waals surface area contributed by atoms with Crippen molar-refractivity contribution >= 4 is 5.91 Å². The predicted octanol–water partition coefficient (Wildman–Crippen LogP) is 1.65. The van der Waals surface area contributed by atoms with E-state index in [1.54, 1.807) is 19.1 Å². The van der Waals surface area contributed by atoms with Gasteiger partial charge in [0.15, 0.2) is 0 Å². The molecule has 1 amide bonds. The summed E-state index contributed by atoms with van der Waals surface area (Å²) < 4.78 is 5.11. The number of hydrogen-bond acceptors (Lipinski definition) is 3. The fraction of sp³-hybridized carbons (Fsp3) is 0.583. The highest BCUT2D eigenvalue weighted by Gasteiger charge is 2.29. The van der Waals surface area contributed by atoms with Gasteiger partial charge in [0.25, 0.3) is 0 Å². The normalized spacial score (nSPS) is 15.6. The van der Waals surface area contributed by atoms with Crippen molar-refractivity contribution in [3.8, 4) is 0 Å². The van der Waals surface area contributed by atoms with E-state index < -0.39 is 11.0 Å². The summed E-state index contributed by atoms with van der Waals surface area (Å²) in [7, 11) is 0. The van der Waals surface area contributed by atoms with Gasteiger partial charge in [-0.15, -0.1) is 0 Å². The van der Waals surface area contributed by atoms with Crippen molar-refractivity contribution in [1.29, 1.82) is 0 Å². The van der Waals surface area contributed by atoms with Gasteiger partial charge in [-0.25, -0.2) is 0 Å². The summed E-state index contributed by atoms with van der Waals surface area (Å²) in [6.07, 6.45) is 1.50. The van der Waals surface area contributed by atoms with Crippen LogP contribution in [0.5, 0.6) is 0 Å². The zero-order valence-electron chi connectivity index (χ0n) is 10.2. The van der Waals surface area contributed by atoms with Crippen molar-refractivity contribution in [2.45, 2.75) is 33.3 Å². The molecule has 0 saturated carbocycles. The van der Waals surface area contributed by atoms with Gasteiger partial charge in [0.05, 0.1) is 12.8 Å². The quantitative estimate of drug-likeness (QED) is 0.822. The SMILES string of the molecule is CC(C)(C)C(=O)NC[C@@](C)(O)c1ccco1. The van der Waals surface area contributed by atoms with Crippen molar-refractivity contribution < 1.29 is 14.3 Å². The number of aliphatic hydroxyl groups is 1. The fourth-order valence-corrected chi connectivity index (χ4v) is 1.19. The Bertz CT molecular complexity index is 347. The van der Waals surface area contributed by atoms with E-state index >= 15 is 0 Å². The molecule has 1 rings (SSSR count). The number of carbonyl (C=O) groups is 1. The number of amides is 1. The predicted molar refractivity (Wildman–Crippen MR) is 60.7 cm³/mol. The van der Waals surface area contributed by atoms with Gasteiger partial charge in [-0.05, 0) is 19.1 Å². The van der Waals surface area contributed by atoms with E-state index in [1.165, 1.54) is 6.26 Å². The van der Waals surface area contributed by atoms with Gasteiger partial charge in [0.1, 0.15) is 11.4 Å². The average molecular weight is 225 g/mol. The molecule has 1 aromatic heterocycles. The minimum atomic E-state index is -1.18. The molecule has 4 heteroatoms. The van der Waals surface area contributed by atoms with E-state index in [2.05, 4.69) is 5.32 Å². The van der Waals surface area contributed by atoms with Gasteiger partial charge in [-0.1, -0.05) is 20.8 Å². The second kappa shape index (κ2) is 4.29. The van der Waals surface area contributed by atoms with Crippen LogP contribution in [0.25, 0.3) is 0 Å². The number of furan rings is 1. The van der Waals surface area contributed by atoms with E-state index in [-0.39, 0.29) is 12.5 Å². The van der Waals surface area contributed by atoms with E-state index in [4.69, 9.17) is 4.42 Å². The Hall–Kier alpha value is -1.29. The number of nitrogens with one attached hydrogen (secondary N) is 1. The van der Waals surface area contributed by atoms with E-state index in [1.807, 2.05) is 20.8 Å². The molecule has 1 atom stereocenters. The van der Waals surface area contributed by atoms with Crippen LogP contribution in [0.3, 0.4) is 0 Å². The maximum Gasteiger partial charge on any atom is 0.225 e. The molecule has 0 aliphatic rings. The molecule has 0 bridgehead atoms. The molecule has 2 N–H and O–H groups in total. The van der Waals surface area contributed by atoms with Gasteiger partial charge < -0.3 is 14.8 Å². The molecule has 0 fully saturated rings. The van der Waals surface area contributed by atoms with Crippen LogP contribution in [0.2, 0.25) is 0 Å². The standard InChI is InChI=1S/C12H19NO3/c1-11(2,3)10(14)13-8-12(4,15)9-6-5-7-16-9/h5-7,15H,8H2,1-4H3,(H,13,14)/t12-/m1/s1. The van der Waals surface area contributed by atoms with Crippen molar-refractivity contribution in [2.24, 2.45) is 5.41 Å². The van der Waals surface area contributed by atoms with Crippen molar-refractivity contribution in [1.82, 2.24) is 5.32 Å². The molecule has 0 aliphatic carbocycles. The molecule has 4 nitrogen and oxygen atoms in total. The molecule has 1 heterocycles. The van der Waals surface area contributed by atoms with Crippen LogP contribution < -0.4 is 5.32 Å². The first-order chi connectivity index (χ1) is 7.23. The lowest BCUT2D eigenvalue weighted by Crippen LogP contribution is -2.43. The van der Waals surface area contributed by atoms with Gasteiger partial charge >= 0.3 is 0 Å². The minimum absolute atomic E-state index is 0.0978. The number of hydrogen-bond donors (Lipinski definition) is 2. The Morgan fingerprint density at radius 3 is 2.50 bits per heavy atom. The molecule has 1 aromatic rings. The topological polar surface area (TPSA) is 62.5 Å². The maximum atomic E-state index is 11.6. The number of rotatable bonds is 3. The lowest BCUT2D eigenvalue weighted by atomic mass is 9.95. The average Bonchev–Trinajstić information content (AvgIpc) is 2.65. The summed E-state index contributed by atoms with van der Waals surface area (Å²) in [4.78, 5) is 11.6. The van der Waals surface area contributed by atoms with Crippen molar-refractivity contribution in [3.63, 3.8) is 0 Å². The third kappa shape index (κ3) is 3.10. The largest absolute Gasteiger partial charge is 0.466 e. The van der Waals surface area contributed by atoms with Crippen LogP contribution in [0, 0.1) is 5.41 Å². The van der Waals surface area contributed by atoms with E-state index in [9.17, 15) is 9.90 Å². The highest BCUT2D eigenvalue weighted by Crippen LogP contribution is 2.20. The Kier molecular flexibility index (Phi) is 3.43. The molecule has 0 radical (unpaired) electrons. The Morgan fingerprint density at radius 2 is 2.06 bits per heavy atom. The molecule has 0 spiro atoms.